The number of aryl methyl sites for hydroxylation is 2. The highest BCUT2D eigenvalue weighted by molar-refractivity contribution is 6.30. The molecule has 0 radical (unpaired) electrons. The monoisotopic (exact) mass is 292 g/mol. The Morgan fingerprint density at radius 2 is 2.00 bits per heavy atom. The lowest BCUT2D eigenvalue weighted by Gasteiger charge is -2.17. The SMILES string of the molecule is Cc1ccccc1CCC(NN)c1ccc(Cl)cc1F. The molecule has 3 N–H and O–H groups in total. The quantitative estimate of drug-likeness (QED) is 0.647. The van der Waals surface area contributed by atoms with Crippen LogP contribution < -0.4 is 11.3 Å². The van der Waals surface area contributed by atoms with Gasteiger partial charge in [-0.1, -0.05) is 41.9 Å². The number of hydrogen-bond acceptors (Lipinski definition) is 2. The van der Waals surface area contributed by atoms with Crippen LogP contribution in [0.2, 0.25) is 5.02 Å². The Bertz CT molecular complexity index is 586. The van der Waals surface area contributed by atoms with Crippen LogP contribution in [0, 0.1) is 12.7 Å². The maximum absolute atomic E-state index is 13.9. The molecule has 0 amide bonds. The summed E-state index contributed by atoms with van der Waals surface area (Å²) in [7, 11) is 0. The predicted molar refractivity (Wildman–Crippen MR) is 81.0 cm³/mol. The zero-order valence-corrected chi connectivity index (χ0v) is 12.1. The summed E-state index contributed by atoms with van der Waals surface area (Å²) in [5.74, 6) is 5.24. The van der Waals surface area contributed by atoms with Crippen molar-refractivity contribution in [3.8, 4) is 0 Å². The van der Waals surface area contributed by atoms with Gasteiger partial charge in [0.2, 0.25) is 0 Å². The van der Waals surface area contributed by atoms with Crippen LogP contribution in [-0.2, 0) is 6.42 Å². The first-order valence-corrected chi connectivity index (χ1v) is 6.95. The highest BCUT2D eigenvalue weighted by atomic mass is 35.5. The summed E-state index contributed by atoms with van der Waals surface area (Å²) < 4.78 is 13.9. The van der Waals surface area contributed by atoms with E-state index in [4.69, 9.17) is 17.4 Å². The summed E-state index contributed by atoms with van der Waals surface area (Å²) in [5.41, 5.74) is 5.72. The number of nitrogens with one attached hydrogen (secondary N) is 1. The van der Waals surface area contributed by atoms with Gasteiger partial charge in [0.15, 0.2) is 0 Å². The van der Waals surface area contributed by atoms with Gasteiger partial charge < -0.3 is 0 Å². The number of benzene rings is 2. The van der Waals surface area contributed by atoms with Gasteiger partial charge in [-0.2, -0.15) is 0 Å². The van der Waals surface area contributed by atoms with Gasteiger partial charge in [-0.05, 0) is 43.0 Å². The minimum absolute atomic E-state index is 0.230. The van der Waals surface area contributed by atoms with Crippen molar-refractivity contribution in [3.05, 3.63) is 70.0 Å². The molecular weight excluding hydrogens is 275 g/mol. The summed E-state index contributed by atoms with van der Waals surface area (Å²) in [5, 5.41) is 0.390. The van der Waals surface area contributed by atoms with Gasteiger partial charge >= 0.3 is 0 Å². The van der Waals surface area contributed by atoms with Crippen molar-refractivity contribution >= 4 is 11.6 Å². The Balaban J connectivity index is 2.11. The molecule has 0 fully saturated rings. The van der Waals surface area contributed by atoms with Crippen LogP contribution in [0.15, 0.2) is 42.5 Å². The van der Waals surface area contributed by atoms with E-state index >= 15 is 0 Å². The maximum Gasteiger partial charge on any atom is 0.129 e. The summed E-state index contributed by atoms with van der Waals surface area (Å²) in [6, 6.07) is 12.6. The molecule has 0 aliphatic heterocycles. The fourth-order valence-corrected chi connectivity index (χ4v) is 2.46. The van der Waals surface area contributed by atoms with Crippen molar-refractivity contribution in [2.24, 2.45) is 5.84 Å². The van der Waals surface area contributed by atoms with Gasteiger partial charge in [0, 0.05) is 16.6 Å². The fourth-order valence-electron chi connectivity index (χ4n) is 2.30. The molecule has 20 heavy (non-hydrogen) atoms. The highest BCUT2D eigenvalue weighted by Gasteiger charge is 2.15. The molecule has 2 nitrogen and oxygen atoms in total. The van der Waals surface area contributed by atoms with Gasteiger partial charge in [-0.25, -0.2) is 4.39 Å². The second-order valence-electron chi connectivity index (χ2n) is 4.85. The lowest BCUT2D eigenvalue weighted by molar-refractivity contribution is 0.485. The largest absolute Gasteiger partial charge is 0.271 e. The Hall–Kier alpha value is -1.42. The molecule has 0 bridgehead atoms. The molecule has 1 unspecified atom stereocenters. The zero-order chi connectivity index (χ0) is 14.5. The molecule has 2 aromatic rings. The molecule has 106 valence electrons. The molecule has 2 rings (SSSR count). The van der Waals surface area contributed by atoms with Crippen molar-refractivity contribution in [1.29, 1.82) is 0 Å². The summed E-state index contributed by atoms with van der Waals surface area (Å²) >= 11 is 5.77. The average Bonchev–Trinajstić information content (AvgIpc) is 2.43. The Morgan fingerprint density at radius 3 is 2.65 bits per heavy atom. The van der Waals surface area contributed by atoms with E-state index in [1.165, 1.54) is 17.2 Å². The van der Waals surface area contributed by atoms with Gasteiger partial charge in [-0.3, -0.25) is 11.3 Å². The van der Waals surface area contributed by atoms with Crippen molar-refractivity contribution in [2.75, 3.05) is 0 Å². The number of hydrogen-bond donors (Lipinski definition) is 2. The predicted octanol–water partition coefficient (Wildman–Crippen LogP) is 3.92. The maximum atomic E-state index is 13.9. The van der Waals surface area contributed by atoms with Crippen LogP contribution in [0.3, 0.4) is 0 Å². The molecule has 1 atom stereocenters. The molecule has 0 aromatic heterocycles. The molecule has 0 spiro atoms. The first-order chi connectivity index (χ1) is 9.61. The lowest BCUT2D eigenvalue weighted by atomic mass is 9.97. The molecule has 0 aliphatic carbocycles. The summed E-state index contributed by atoms with van der Waals surface area (Å²) in [4.78, 5) is 0. The Kier molecular flexibility index (Phi) is 5.12. The van der Waals surface area contributed by atoms with Crippen LogP contribution in [-0.4, -0.2) is 0 Å². The summed E-state index contributed by atoms with van der Waals surface area (Å²) in [6.45, 7) is 2.07. The fraction of sp³-hybridized carbons (Fsp3) is 0.250. The van der Waals surface area contributed by atoms with E-state index in [0.717, 1.165) is 12.8 Å². The summed E-state index contributed by atoms with van der Waals surface area (Å²) in [6.07, 6.45) is 1.56. The van der Waals surface area contributed by atoms with E-state index in [-0.39, 0.29) is 11.9 Å². The molecule has 0 heterocycles. The highest BCUT2D eigenvalue weighted by Crippen LogP contribution is 2.24. The van der Waals surface area contributed by atoms with E-state index in [0.29, 0.717) is 10.6 Å². The van der Waals surface area contributed by atoms with Crippen LogP contribution in [0.5, 0.6) is 0 Å². The molecule has 4 heteroatoms. The third-order valence-corrected chi connectivity index (χ3v) is 3.74. The first kappa shape index (κ1) is 15.0. The Morgan fingerprint density at radius 1 is 1.25 bits per heavy atom. The van der Waals surface area contributed by atoms with Crippen molar-refractivity contribution in [2.45, 2.75) is 25.8 Å². The first-order valence-electron chi connectivity index (χ1n) is 6.57. The number of rotatable bonds is 5. The second-order valence-corrected chi connectivity index (χ2v) is 5.29. The second kappa shape index (κ2) is 6.84. The zero-order valence-electron chi connectivity index (χ0n) is 11.4. The van der Waals surface area contributed by atoms with E-state index in [1.807, 2.05) is 12.1 Å². The van der Waals surface area contributed by atoms with E-state index in [1.54, 1.807) is 12.1 Å². The van der Waals surface area contributed by atoms with Crippen LogP contribution in [0.4, 0.5) is 4.39 Å². The molecule has 0 saturated heterocycles. The van der Waals surface area contributed by atoms with Crippen molar-refractivity contribution < 1.29 is 4.39 Å². The lowest BCUT2D eigenvalue weighted by Crippen LogP contribution is -2.29. The molecular formula is C16H18ClFN2. The third kappa shape index (κ3) is 3.57. The van der Waals surface area contributed by atoms with Gasteiger partial charge in [0.25, 0.3) is 0 Å². The molecule has 0 aliphatic rings. The Labute approximate surface area is 123 Å². The number of hydrazine groups is 1. The minimum Gasteiger partial charge on any atom is -0.271 e. The van der Waals surface area contributed by atoms with E-state index < -0.39 is 0 Å². The van der Waals surface area contributed by atoms with Gasteiger partial charge in [0.05, 0.1) is 0 Å². The van der Waals surface area contributed by atoms with Crippen LogP contribution >= 0.6 is 11.6 Å². The van der Waals surface area contributed by atoms with Gasteiger partial charge in [-0.15, -0.1) is 0 Å². The van der Waals surface area contributed by atoms with Crippen LogP contribution in [0.25, 0.3) is 0 Å². The van der Waals surface area contributed by atoms with E-state index in [2.05, 4.69) is 24.5 Å². The normalized spacial score (nSPS) is 12.4. The number of halogens is 2. The number of nitrogens with two attached hydrogens (primary N) is 1. The van der Waals surface area contributed by atoms with Crippen molar-refractivity contribution in [3.63, 3.8) is 0 Å². The topological polar surface area (TPSA) is 38.0 Å². The van der Waals surface area contributed by atoms with Crippen LogP contribution in [0.1, 0.15) is 29.2 Å². The third-order valence-electron chi connectivity index (χ3n) is 3.50. The smallest absolute Gasteiger partial charge is 0.129 e. The average molecular weight is 293 g/mol. The minimum atomic E-state index is -0.328. The molecule has 2 aromatic carbocycles. The van der Waals surface area contributed by atoms with Crippen molar-refractivity contribution in [1.82, 2.24) is 5.43 Å². The standard InChI is InChI=1S/C16H18ClFN2/c1-11-4-2-3-5-12(11)6-9-16(20-19)14-8-7-13(17)10-15(14)18/h2-5,7-8,10,16,20H,6,9,19H2,1H3. The molecule has 0 saturated carbocycles. The van der Waals surface area contributed by atoms with E-state index in [9.17, 15) is 4.39 Å². The van der Waals surface area contributed by atoms with Gasteiger partial charge in [0.1, 0.15) is 5.82 Å².